The molecule has 2 saturated heterocycles. The number of aromatic nitrogens is 1. The highest BCUT2D eigenvalue weighted by Gasteiger charge is 2.51. The van der Waals surface area contributed by atoms with Crippen LogP contribution in [0.15, 0.2) is 54.9 Å². The van der Waals surface area contributed by atoms with Gasteiger partial charge in [-0.05, 0) is 37.7 Å². The lowest BCUT2D eigenvalue weighted by Crippen LogP contribution is -2.59. The van der Waals surface area contributed by atoms with Gasteiger partial charge in [0.25, 0.3) is 5.91 Å². The summed E-state index contributed by atoms with van der Waals surface area (Å²) in [7, 11) is 2.15. The van der Waals surface area contributed by atoms with Gasteiger partial charge in [-0.25, -0.2) is 0 Å². The van der Waals surface area contributed by atoms with Gasteiger partial charge in [-0.15, -0.1) is 0 Å². The Hall–Kier alpha value is -2.40. The number of nitrogens with zero attached hydrogens (tertiary/aromatic N) is 3. The summed E-state index contributed by atoms with van der Waals surface area (Å²) in [4.78, 5) is 20.9. The van der Waals surface area contributed by atoms with Gasteiger partial charge in [0, 0.05) is 49.0 Å². The van der Waals surface area contributed by atoms with Gasteiger partial charge in [0.1, 0.15) is 12.4 Å². The van der Waals surface area contributed by atoms with E-state index in [1.807, 2.05) is 47.4 Å². The minimum absolute atomic E-state index is 0.144. The van der Waals surface area contributed by atoms with Gasteiger partial charge in [-0.1, -0.05) is 18.2 Å². The lowest BCUT2D eigenvalue weighted by molar-refractivity contribution is 0.0114. The van der Waals surface area contributed by atoms with Crippen LogP contribution in [0.2, 0.25) is 0 Å². The minimum Gasteiger partial charge on any atom is -0.492 e. The SMILES string of the molecule is CN1CC2(CC1COc1ccncc1)CN(C(=O)c1ccccc1)C2. The zero-order valence-corrected chi connectivity index (χ0v) is 14.5. The number of likely N-dealkylation sites (N-methyl/N-ethyl adjacent to an activating group) is 1. The first-order valence-electron chi connectivity index (χ1n) is 8.73. The topological polar surface area (TPSA) is 45.7 Å². The highest BCUT2D eigenvalue weighted by Crippen LogP contribution is 2.42. The Morgan fingerprint density at radius 3 is 2.60 bits per heavy atom. The van der Waals surface area contributed by atoms with Crippen LogP contribution < -0.4 is 4.74 Å². The van der Waals surface area contributed by atoms with E-state index in [0.717, 1.165) is 37.4 Å². The summed E-state index contributed by atoms with van der Waals surface area (Å²) in [6, 6.07) is 13.7. The van der Waals surface area contributed by atoms with Crippen molar-refractivity contribution in [2.75, 3.05) is 33.3 Å². The summed E-state index contributed by atoms with van der Waals surface area (Å²) in [5, 5.41) is 0. The number of rotatable bonds is 4. The average Bonchev–Trinajstić information content (AvgIpc) is 2.97. The van der Waals surface area contributed by atoms with Crippen LogP contribution >= 0.6 is 0 Å². The molecule has 1 amide bonds. The van der Waals surface area contributed by atoms with E-state index in [1.165, 1.54) is 0 Å². The number of hydrogen-bond donors (Lipinski definition) is 0. The molecule has 5 heteroatoms. The van der Waals surface area contributed by atoms with Gasteiger partial charge in [0.2, 0.25) is 0 Å². The summed E-state index contributed by atoms with van der Waals surface area (Å²) in [5.74, 6) is 1.00. The smallest absolute Gasteiger partial charge is 0.253 e. The Morgan fingerprint density at radius 1 is 1.16 bits per heavy atom. The average molecular weight is 337 g/mol. The number of hydrogen-bond acceptors (Lipinski definition) is 4. The van der Waals surface area contributed by atoms with Crippen LogP contribution in [0, 0.1) is 5.41 Å². The quantitative estimate of drug-likeness (QED) is 0.859. The van der Waals surface area contributed by atoms with E-state index in [9.17, 15) is 4.79 Å². The van der Waals surface area contributed by atoms with Gasteiger partial charge in [0.15, 0.2) is 0 Å². The molecular weight excluding hydrogens is 314 g/mol. The van der Waals surface area contributed by atoms with E-state index in [0.29, 0.717) is 12.6 Å². The first-order chi connectivity index (χ1) is 12.2. The lowest BCUT2D eigenvalue weighted by atomic mass is 9.77. The van der Waals surface area contributed by atoms with Gasteiger partial charge in [0.05, 0.1) is 0 Å². The van der Waals surface area contributed by atoms with Crippen molar-refractivity contribution in [1.29, 1.82) is 0 Å². The summed E-state index contributed by atoms with van der Waals surface area (Å²) in [5.41, 5.74) is 1.01. The number of carbonyl (C=O) groups is 1. The number of likely N-dealkylation sites (tertiary alicyclic amines) is 2. The molecule has 1 atom stereocenters. The number of pyridine rings is 1. The van der Waals surface area contributed by atoms with Crippen molar-refractivity contribution in [1.82, 2.24) is 14.8 Å². The molecule has 0 radical (unpaired) electrons. The zero-order valence-electron chi connectivity index (χ0n) is 14.5. The number of benzene rings is 1. The molecule has 4 rings (SSSR count). The molecule has 2 fully saturated rings. The Kier molecular flexibility index (Phi) is 4.17. The van der Waals surface area contributed by atoms with E-state index in [-0.39, 0.29) is 11.3 Å². The fraction of sp³-hybridized carbons (Fsp3) is 0.400. The number of ether oxygens (including phenoxy) is 1. The zero-order chi connectivity index (χ0) is 17.3. The second-order valence-electron chi connectivity index (χ2n) is 7.29. The Morgan fingerprint density at radius 2 is 1.88 bits per heavy atom. The third-order valence-electron chi connectivity index (χ3n) is 5.33. The third-order valence-corrected chi connectivity index (χ3v) is 5.33. The van der Waals surface area contributed by atoms with E-state index in [4.69, 9.17) is 4.74 Å². The van der Waals surface area contributed by atoms with Crippen molar-refractivity contribution in [3.05, 3.63) is 60.4 Å². The van der Waals surface area contributed by atoms with Crippen LogP contribution in [0.1, 0.15) is 16.8 Å². The largest absolute Gasteiger partial charge is 0.492 e. The molecule has 0 saturated carbocycles. The summed E-state index contributed by atoms with van der Waals surface area (Å²) >= 11 is 0. The van der Waals surface area contributed by atoms with Gasteiger partial charge in [-0.3, -0.25) is 14.7 Å². The molecule has 2 aliphatic rings. The van der Waals surface area contributed by atoms with Crippen molar-refractivity contribution in [3.63, 3.8) is 0 Å². The number of amides is 1. The van der Waals surface area contributed by atoms with Crippen molar-refractivity contribution in [3.8, 4) is 5.75 Å². The molecular formula is C20H23N3O2. The van der Waals surface area contributed by atoms with Crippen molar-refractivity contribution < 1.29 is 9.53 Å². The predicted molar refractivity (Wildman–Crippen MR) is 95.5 cm³/mol. The molecule has 2 aliphatic heterocycles. The van der Waals surface area contributed by atoms with Crippen LogP contribution in [-0.2, 0) is 0 Å². The number of carbonyl (C=O) groups excluding carboxylic acids is 1. The Bertz CT molecular complexity index is 729. The van der Waals surface area contributed by atoms with Crippen molar-refractivity contribution >= 4 is 5.91 Å². The van der Waals surface area contributed by atoms with E-state index < -0.39 is 0 Å². The lowest BCUT2D eigenvalue weighted by Gasteiger charge is -2.48. The maximum Gasteiger partial charge on any atom is 0.253 e. The van der Waals surface area contributed by atoms with E-state index in [2.05, 4.69) is 16.9 Å². The predicted octanol–water partition coefficient (Wildman–Crippen LogP) is 2.31. The van der Waals surface area contributed by atoms with Crippen LogP contribution in [0.5, 0.6) is 5.75 Å². The maximum atomic E-state index is 12.5. The molecule has 25 heavy (non-hydrogen) atoms. The van der Waals surface area contributed by atoms with Crippen molar-refractivity contribution in [2.45, 2.75) is 12.5 Å². The Balaban J connectivity index is 1.32. The molecule has 5 nitrogen and oxygen atoms in total. The van der Waals surface area contributed by atoms with Crippen LogP contribution in [0.25, 0.3) is 0 Å². The van der Waals surface area contributed by atoms with E-state index in [1.54, 1.807) is 12.4 Å². The minimum atomic E-state index is 0.144. The molecule has 1 unspecified atom stereocenters. The molecule has 0 N–H and O–H groups in total. The molecule has 0 bridgehead atoms. The highest BCUT2D eigenvalue weighted by atomic mass is 16.5. The first kappa shape index (κ1) is 16.1. The summed E-state index contributed by atoms with van der Waals surface area (Å²) in [6.45, 7) is 3.39. The van der Waals surface area contributed by atoms with Gasteiger partial charge < -0.3 is 9.64 Å². The normalized spacial score (nSPS) is 22.0. The van der Waals surface area contributed by atoms with Crippen molar-refractivity contribution in [2.24, 2.45) is 5.41 Å². The molecule has 1 spiro atoms. The second kappa shape index (κ2) is 6.48. The molecule has 1 aromatic carbocycles. The first-order valence-corrected chi connectivity index (χ1v) is 8.73. The maximum absolute atomic E-state index is 12.5. The summed E-state index contributed by atoms with van der Waals surface area (Å²) in [6.07, 6.45) is 4.57. The fourth-order valence-corrected chi connectivity index (χ4v) is 4.09. The highest BCUT2D eigenvalue weighted by molar-refractivity contribution is 5.94. The third kappa shape index (κ3) is 3.24. The molecule has 0 aliphatic carbocycles. The molecule has 1 aromatic heterocycles. The van der Waals surface area contributed by atoms with Crippen LogP contribution in [0.3, 0.4) is 0 Å². The monoisotopic (exact) mass is 337 g/mol. The summed E-state index contributed by atoms with van der Waals surface area (Å²) < 4.78 is 5.90. The van der Waals surface area contributed by atoms with Gasteiger partial charge in [-0.2, -0.15) is 0 Å². The molecule has 130 valence electrons. The second-order valence-corrected chi connectivity index (χ2v) is 7.29. The Labute approximate surface area is 148 Å². The van der Waals surface area contributed by atoms with E-state index >= 15 is 0 Å². The van der Waals surface area contributed by atoms with Crippen LogP contribution in [-0.4, -0.2) is 60.0 Å². The molecule has 3 heterocycles. The molecule has 2 aromatic rings. The van der Waals surface area contributed by atoms with Crippen LogP contribution in [0.4, 0.5) is 0 Å². The van der Waals surface area contributed by atoms with Gasteiger partial charge >= 0.3 is 0 Å². The standard InChI is InChI=1S/C20H23N3O2/c1-22-13-20(11-17(22)12-25-18-7-9-21-10-8-18)14-23(15-20)19(24)16-5-3-2-4-6-16/h2-10,17H,11-15H2,1H3. The fourth-order valence-electron chi connectivity index (χ4n) is 4.09.